The summed E-state index contributed by atoms with van der Waals surface area (Å²) in [6.07, 6.45) is -0.467. The number of sulfonamides is 1. The highest BCUT2D eigenvalue weighted by Gasteiger charge is 2.33. The summed E-state index contributed by atoms with van der Waals surface area (Å²) in [6.45, 7) is 5.93. The van der Waals surface area contributed by atoms with Gasteiger partial charge in [0.25, 0.3) is 5.91 Å². The van der Waals surface area contributed by atoms with Gasteiger partial charge in [-0.2, -0.15) is 4.31 Å². The molecule has 1 aromatic carbocycles. The van der Waals surface area contributed by atoms with E-state index in [0.717, 1.165) is 0 Å². The van der Waals surface area contributed by atoms with E-state index in [4.69, 9.17) is 16.3 Å². The van der Waals surface area contributed by atoms with E-state index < -0.39 is 15.9 Å². The monoisotopic (exact) mass is 417 g/mol. The van der Waals surface area contributed by atoms with Crippen molar-refractivity contribution in [2.75, 3.05) is 26.2 Å². The zero-order valence-corrected chi connectivity index (χ0v) is 17.1. The van der Waals surface area contributed by atoms with Crippen LogP contribution < -0.4 is 10.6 Å². The van der Waals surface area contributed by atoms with Gasteiger partial charge in [-0.05, 0) is 32.0 Å². The molecule has 1 aromatic rings. The molecule has 8 nitrogen and oxygen atoms in total. The second-order valence-electron chi connectivity index (χ2n) is 6.46. The molecule has 1 aliphatic heterocycles. The van der Waals surface area contributed by atoms with Crippen molar-refractivity contribution < 1.29 is 22.7 Å². The molecule has 1 heterocycles. The summed E-state index contributed by atoms with van der Waals surface area (Å²) < 4.78 is 32.9. The van der Waals surface area contributed by atoms with Crippen LogP contribution in [0.15, 0.2) is 23.1 Å². The van der Waals surface area contributed by atoms with Crippen molar-refractivity contribution in [1.82, 2.24) is 14.9 Å². The summed E-state index contributed by atoms with van der Waals surface area (Å²) in [5, 5.41) is 5.23. The van der Waals surface area contributed by atoms with Crippen molar-refractivity contribution >= 4 is 33.4 Å². The Bertz CT molecular complexity index is 805. The van der Waals surface area contributed by atoms with E-state index in [9.17, 15) is 18.0 Å². The lowest BCUT2D eigenvalue weighted by atomic mass is 10.2. The van der Waals surface area contributed by atoms with Gasteiger partial charge < -0.3 is 15.4 Å². The highest BCUT2D eigenvalue weighted by Crippen LogP contribution is 2.28. The highest BCUT2D eigenvalue weighted by molar-refractivity contribution is 7.89. The summed E-state index contributed by atoms with van der Waals surface area (Å²) in [5.74, 6) is -0.643. The molecular formula is C17H24ClN3O5S. The predicted molar refractivity (Wildman–Crippen MR) is 101 cm³/mol. The summed E-state index contributed by atoms with van der Waals surface area (Å²) >= 11 is 6.12. The lowest BCUT2D eigenvalue weighted by Gasteiger charge is -2.34. The van der Waals surface area contributed by atoms with Gasteiger partial charge in [0, 0.05) is 38.7 Å². The third kappa shape index (κ3) is 5.65. The Morgan fingerprint density at radius 1 is 1.19 bits per heavy atom. The smallest absolute Gasteiger partial charge is 0.251 e. The van der Waals surface area contributed by atoms with Crippen molar-refractivity contribution in [1.29, 1.82) is 0 Å². The number of nitrogens with zero attached hydrogens (tertiary/aromatic N) is 1. The van der Waals surface area contributed by atoms with Gasteiger partial charge in [-0.15, -0.1) is 0 Å². The molecule has 0 aromatic heterocycles. The fraction of sp³-hybridized carbons (Fsp3) is 0.529. The molecule has 2 atom stereocenters. The third-order valence-corrected chi connectivity index (χ3v) is 6.30. The van der Waals surface area contributed by atoms with Crippen LogP contribution in [-0.4, -0.2) is 62.9 Å². The number of hydrogen-bond donors (Lipinski definition) is 2. The van der Waals surface area contributed by atoms with Crippen molar-refractivity contribution in [3.8, 4) is 0 Å². The molecule has 0 saturated carbocycles. The van der Waals surface area contributed by atoms with Crippen LogP contribution in [-0.2, 0) is 19.6 Å². The predicted octanol–water partition coefficient (Wildman–Crippen LogP) is 1.00. The van der Waals surface area contributed by atoms with Crippen molar-refractivity contribution in [2.24, 2.45) is 0 Å². The fourth-order valence-corrected chi connectivity index (χ4v) is 4.92. The Labute approximate surface area is 164 Å². The molecule has 0 unspecified atom stereocenters. The minimum Gasteiger partial charge on any atom is -0.373 e. The van der Waals surface area contributed by atoms with Crippen molar-refractivity contribution in [3.63, 3.8) is 0 Å². The van der Waals surface area contributed by atoms with Crippen LogP contribution >= 0.6 is 11.6 Å². The first-order valence-electron chi connectivity index (χ1n) is 8.59. The van der Waals surface area contributed by atoms with Crippen LogP contribution in [0.5, 0.6) is 0 Å². The van der Waals surface area contributed by atoms with Gasteiger partial charge in [-0.1, -0.05) is 11.6 Å². The van der Waals surface area contributed by atoms with Gasteiger partial charge in [0.15, 0.2) is 0 Å². The van der Waals surface area contributed by atoms with Gasteiger partial charge in [-0.25, -0.2) is 8.42 Å². The summed E-state index contributed by atoms with van der Waals surface area (Å²) in [6, 6.07) is 4.13. The van der Waals surface area contributed by atoms with Gasteiger partial charge in [0.05, 0.1) is 17.2 Å². The highest BCUT2D eigenvalue weighted by atomic mass is 35.5. The molecule has 2 amide bonds. The van der Waals surface area contributed by atoms with E-state index in [1.165, 1.54) is 29.4 Å². The SMILES string of the molecule is CC(=O)NCCNC(=O)c1ccc(Cl)c(S(=O)(=O)N2C[C@@H](C)O[C@@H](C)C2)c1. The Morgan fingerprint density at radius 3 is 2.37 bits per heavy atom. The van der Waals surface area contributed by atoms with Gasteiger partial charge in [0.1, 0.15) is 4.90 Å². The second-order valence-corrected chi connectivity index (χ2v) is 8.78. The van der Waals surface area contributed by atoms with Crippen LogP contribution in [0.2, 0.25) is 5.02 Å². The quantitative estimate of drug-likeness (QED) is 0.672. The van der Waals surface area contributed by atoms with Crippen molar-refractivity contribution in [3.05, 3.63) is 28.8 Å². The Balaban J connectivity index is 2.18. The maximum atomic E-state index is 13.0. The molecule has 0 bridgehead atoms. The van der Waals surface area contributed by atoms with Crippen LogP contribution in [0.3, 0.4) is 0 Å². The first-order valence-corrected chi connectivity index (χ1v) is 10.4. The minimum atomic E-state index is -3.87. The minimum absolute atomic E-state index is 0.0524. The first-order chi connectivity index (χ1) is 12.6. The number of nitrogens with one attached hydrogen (secondary N) is 2. The third-order valence-electron chi connectivity index (χ3n) is 3.98. The number of hydrogen-bond acceptors (Lipinski definition) is 5. The van der Waals surface area contributed by atoms with Crippen LogP contribution in [0.1, 0.15) is 31.1 Å². The lowest BCUT2D eigenvalue weighted by Crippen LogP contribution is -2.48. The average molecular weight is 418 g/mol. The maximum absolute atomic E-state index is 13.0. The average Bonchev–Trinajstić information content (AvgIpc) is 2.57. The van der Waals surface area contributed by atoms with Crippen LogP contribution in [0.25, 0.3) is 0 Å². The summed E-state index contributed by atoms with van der Waals surface area (Å²) in [5.41, 5.74) is 0.176. The number of carbonyl (C=O) groups excluding carboxylic acids is 2. The van der Waals surface area contributed by atoms with E-state index in [2.05, 4.69) is 10.6 Å². The molecule has 1 fully saturated rings. The molecule has 0 spiro atoms. The molecule has 0 aliphatic carbocycles. The Morgan fingerprint density at radius 2 is 1.78 bits per heavy atom. The molecule has 150 valence electrons. The molecule has 1 saturated heterocycles. The molecule has 2 N–H and O–H groups in total. The largest absolute Gasteiger partial charge is 0.373 e. The van der Waals surface area contributed by atoms with E-state index in [1.54, 1.807) is 13.8 Å². The number of halogens is 1. The molecule has 27 heavy (non-hydrogen) atoms. The first kappa shape index (κ1) is 21.6. The summed E-state index contributed by atoms with van der Waals surface area (Å²) in [7, 11) is -3.87. The van der Waals surface area contributed by atoms with E-state index in [0.29, 0.717) is 0 Å². The topological polar surface area (TPSA) is 105 Å². The van der Waals surface area contributed by atoms with E-state index >= 15 is 0 Å². The number of benzene rings is 1. The molecular weight excluding hydrogens is 394 g/mol. The normalized spacial score (nSPS) is 20.9. The zero-order valence-electron chi connectivity index (χ0n) is 15.5. The number of carbonyl (C=O) groups is 2. The van der Waals surface area contributed by atoms with Gasteiger partial charge in [0.2, 0.25) is 15.9 Å². The summed E-state index contributed by atoms with van der Waals surface area (Å²) in [4.78, 5) is 23.0. The number of rotatable bonds is 6. The Kier molecular flexibility index (Phi) is 7.21. The molecule has 1 aliphatic rings. The zero-order chi connectivity index (χ0) is 20.2. The number of morpholine rings is 1. The number of ether oxygens (including phenoxy) is 1. The van der Waals surface area contributed by atoms with Gasteiger partial charge >= 0.3 is 0 Å². The number of amides is 2. The Hall–Kier alpha value is -1.68. The fourth-order valence-electron chi connectivity index (χ4n) is 2.82. The second kappa shape index (κ2) is 9.01. The standard InChI is InChI=1S/C17H24ClN3O5S/c1-11-9-21(10-12(2)26-11)27(24,25)16-8-14(4-5-15(16)18)17(23)20-7-6-19-13(3)22/h4-5,8,11-12H,6-7,9-10H2,1-3H3,(H,19,22)(H,20,23)/t11-,12+. The van der Waals surface area contributed by atoms with Crippen LogP contribution in [0.4, 0.5) is 0 Å². The maximum Gasteiger partial charge on any atom is 0.251 e. The van der Waals surface area contributed by atoms with Gasteiger partial charge in [-0.3, -0.25) is 9.59 Å². The lowest BCUT2D eigenvalue weighted by molar-refractivity contribution is -0.118. The molecule has 10 heteroatoms. The van der Waals surface area contributed by atoms with Crippen molar-refractivity contribution in [2.45, 2.75) is 37.9 Å². The van der Waals surface area contributed by atoms with Crippen LogP contribution in [0, 0.1) is 0 Å². The van der Waals surface area contributed by atoms with E-state index in [1.807, 2.05) is 0 Å². The molecule has 0 radical (unpaired) electrons. The van der Waals surface area contributed by atoms with E-state index in [-0.39, 0.29) is 59.8 Å². The molecule has 2 rings (SSSR count).